The summed E-state index contributed by atoms with van der Waals surface area (Å²) in [7, 11) is 1.38. The molecule has 17 heavy (non-hydrogen) atoms. The first kappa shape index (κ1) is 12.3. The maximum absolute atomic E-state index is 11.7. The molecule has 2 rings (SSSR count). The minimum absolute atomic E-state index is 0.240. The Hall–Kier alpha value is -1.14. The van der Waals surface area contributed by atoms with Crippen LogP contribution < -0.4 is 5.73 Å². The van der Waals surface area contributed by atoms with Gasteiger partial charge in [0.1, 0.15) is 11.9 Å². The van der Waals surface area contributed by atoms with Crippen molar-refractivity contribution in [3.8, 4) is 0 Å². The van der Waals surface area contributed by atoms with E-state index in [1.165, 1.54) is 25.2 Å². The number of hydrogen-bond acceptors (Lipinski definition) is 6. The molecule has 1 unspecified atom stereocenters. The normalized spacial score (nSPS) is 18.5. The van der Waals surface area contributed by atoms with Gasteiger partial charge in [0.15, 0.2) is 0 Å². The molecule has 92 valence electrons. The highest BCUT2D eigenvalue weighted by molar-refractivity contribution is 7.99. The van der Waals surface area contributed by atoms with Crippen molar-refractivity contribution in [3.05, 3.63) is 18.6 Å². The molecule has 6 heteroatoms. The van der Waals surface area contributed by atoms with Crippen molar-refractivity contribution >= 4 is 17.7 Å². The molecule has 0 saturated heterocycles. The first-order chi connectivity index (χ1) is 8.16. The van der Waals surface area contributed by atoms with Crippen LogP contribution in [0.1, 0.15) is 12.8 Å². The molecule has 0 aliphatic heterocycles. The lowest BCUT2D eigenvalue weighted by molar-refractivity contribution is -0.146. The molecule has 1 heterocycles. The lowest BCUT2D eigenvalue weighted by atomic mass is 9.97. The van der Waals surface area contributed by atoms with Gasteiger partial charge in [0, 0.05) is 11.9 Å². The average molecular weight is 253 g/mol. The highest BCUT2D eigenvalue weighted by Gasteiger charge is 2.48. The Labute approximate surface area is 104 Å². The third kappa shape index (κ3) is 2.76. The van der Waals surface area contributed by atoms with E-state index < -0.39 is 5.54 Å². The van der Waals surface area contributed by atoms with Crippen LogP contribution in [-0.4, -0.2) is 34.3 Å². The molecule has 0 spiro atoms. The van der Waals surface area contributed by atoms with Gasteiger partial charge in [-0.1, -0.05) is 0 Å². The van der Waals surface area contributed by atoms with Gasteiger partial charge < -0.3 is 10.5 Å². The Morgan fingerprint density at radius 2 is 2.47 bits per heavy atom. The number of nitrogens with zero attached hydrogens (tertiary/aromatic N) is 2. The van der Waals surface area contributed by atoms with Crippen LogP contribution in [0.5, 0.6) is 0 Å². The standard InChI is InChI=1S/C11H15N3O2S/c1-16-10(15)11(12,8-2-3-8)6-17-9-4-5-13-7-14-9/h4-5,7-8H,2-3,6,12H2,1H3. The smallest absolute Gasteiger partial charge is 0.327 e. The fourth-order valence-corrected chi connectivity index (χ4v) is 2.71. The summed E-state index contributed by atoms with van der Waals surface area (Å²) in [5.41, 5.74) is 5.28. The molecule has 1 aromatic rings. The molecule has 0 bridgehead atoms. The van der Waals surface area contributed by atoms with Crippen molar-refractivity contribution in [1.29, 1.82) is 0 Å². The number of carbonyl (C=O) groups excluding carboxylic acids is 1. The molecular formula is C11H15N3O2S. The van der Waals surface area contributed by atoms with Gasteiger partial charge in [-0.15, -0.1) is 11.8 Å². The highest BCUT2D eigenvalue weighted by atomic mass is 32.2. The minimum atomic E-state index is -0.885. The molecule has 1 saturated carbocycles. The van der Waals surface area contributed by atoms with E-state index in [1.807, 2.05) is 0 Å². The van der Waals surface area contributed by atoms with Gasteiger partial charge in [0.25, 0.3) is 0 Å². The zero-order valence-electron chi connectivity index (χ0n) is 9.63. The lowest BCUT2D eigenvalue weighted by Crippen LogP contribution is -2.53. The minimum Gasteiger partial charge on any atom is -0.468 e. The molecule has 1 fully saturated rings. The van der Waals surface area contributed by atoms with Crippen LogP contribution in [0.3, 0.4) is 0 Å². The van der Waals surface area contributed by atoms with Gasteiger partial charge >= 0.3 is 5.97 Å². The Morgan fingerprint density at radius 1 is 1.71 bits per heavy atom. The zero-order valence-corrected chi connectivity index (χ0v) is 10.4. The van der Waals surface area contributed by atoms with Crippen molar-refractivity contribution < 1.29 is 9.53 Å². The van der Waals surface area contributed by atoms with E-state index in [1.54, 1.807) is 12.3 Å². The molecular weight excluding hydrogens is 238 g/mol. The van der Waals surface area contributed by atoms with Crippen molar-refractivity contribution in [2.45, 2.75) is 23.4 Å². The highest BCUT2D eigenvalue weighted by Crippen LogP contribution is 2.41. The van der Waals surface area contributed by atoms with E-state index in [4.69, 9.17) is 10.5 Å². The number of rotatable bonds is 5. The first-order valence-electron chi connectivity index (χ1n) is 5.43. The van der Waals surface area contributed by atoms with Crippen molar-refractivity contribution in [1.82, 2.24) is 9.97 Å². The first-order valence-corrected chi connectivity index (χ1v) is 6.41. The SMILES string of the molecule is COC(=O)C(N)(CSc1ccncn1)C1CC1. The number of methoxy groups -OCH3 is 1. The van der Waals surface area contributed by atoms with Crippen LogP contribution in [0.15, 0.2) is 23.6 Å². The topological polar surface area (TPSA) is 78.1 Å². The molecule has 2 N–H and O–H groups in total. The quantitative estimate of drug-likeness (QED) is 0.476. The van der Waals surface area contributed by atoms with Gasteiger partial charge in [-0.25, -0.2) is 9.97 Å². The van der Waals surface area contributed by atoms with Gasteiger partial charge in [0.05, 0.1) is 12.1 Å². The summed E-state index contributed by atoms with van der Waals surface area (Å²) >= 11 is 1.46. The van der Waals surface area contributed by atoms with Crippen LogP contribution in [-0.2, 0) is 9.53 Å². The second-order valence-electron chi connectivity index (χ2n) is 4.14. The van der Waals surface area contributed by atoms with E-state index in [2.05, 4.69) is 9.97 Å². The Morgan fingerprint density at radius 3 is 3.00 bits per heavy atom. The maximum Gasteiger partial charge on any atom is 0.327 e. The predicted octanol–water partition coefficient (Wildman–Crippen LogP) is 0.849. The van der Waals surface area contributed by atoms with Crippen molar-refractivity contribution in [2.75, 3.05) is 12.9 Å². The van der Waals surface area contributed by atoms with Crippen LogP contribution in [0.2, 0.25) is 0 Å². The van der Waals surface area contributed by atoms with Gasteiger partial charge in [-0.2, -0.15) is 0 Å². The second-order valence-corrected chi connectivity index (χ2v) is 5.14. The summed E-state index contributed by atoms with van der Waals surface area (Å²) in [5, 5.41) is 0.819. The molecule has 1 aliphatic carbocycles. The lowest BCUT2D eigenvalue weighted by Gasteiger charge is -2.25. The molecule has 0 amide bonds. The van der Waals surface area contributed by atoms with E-state index >= 15 is 0 Å². The van der Waals surface area contributed by atoms with Gasteiger partial charge in [-0.05, 0) is 24.8 Å². The fraction of sp³-hybridized carbons (Fsp3) is 0.545. The Kier molecular flexibility index (Phi) is 3.63. The van der Waals surface area contributed by atoms with E-state index in [-0.39, 0.29) is 11.9 Å². The summed E-state index contributed by atoms with van der Waals surface area (Å²) in [5.74, 6) is 0.396. The third-order valence-corrected chi connectivity index (χ3v) is 4.04. The molecule has 5 nitrogen and oxygen atoms in total. The van der Waals surface area contributed by atoms with E-state index in [0.717, 1.165) is 17.9 Å². The largest absolute Gasteiger partial charge is 0.468 e. The zero-order chi connectivity index (χ0) is 12.3. The number of carbonyl (C=O) groups is 1. The summed E-state index contributed by atoms with van der Waals surface area (Å²) in [4.78, 5) is 19.7. The Balaban J connectivity index is 2.01. The summed E-state index contributed by atoms with van der Waals surface area (Å²) in [6.45, 7) is 0. The second kappa shape index (κ2) is 5.01. The van der Waals surface area contributed by atoms with Crippen molar-refractivity contribution in [3.63, 3.8) is 0 Å². The predicted molar refractivity (Wildman–Crippen MR) is 64.4 cm³/mol. The molecule has 0 radical (unpaired) electrons. The van der Waals surface area contributed by atoms with Crippen LogP contribution in [0.4, 0.5) is 0 Å². The monoisotopic (exact) mass is 253 g/mol. The van der Waals surface area contributed by atoms with E-state index in [9.17, 15) is 4.79 Å². The third-order valence-electron chi connectivity index (χ3n) is 2.88. The number of thioether (sulfide) groups is 1. The van der Waals surface area contributed by atoms with E-state index in [0.29, 0.717) is 5.75 Å². The molecule has 0 aromatic carbocycles. The fourth-order valence-electron chi connectivity index (χ4n) is 1.69. The number of nitrogens with two attached hydrogens (primary N) is 1. The Bertz CT molecular complexity index is 397. The average Bonchev–Trinajstić information content (AvgIpc) is 3.20. The molecule has 1 aliphatic rings. The summed E-state index contributed by atoms with van der Waals surface area (Å²) in [6, 6.07) is 1.80. The van der Waals surface area contributed by atoms with Crippen LogP contribution in [0, 0.1) is 5.92 Å². The van der Waals surface area contributed by atoms with Gasteiger partial charge in [0.2, 0.25) is 0 Å². The molecule has 1 atom stereocenters. The number of hydrogen-bond donors (Lipinski definition) is 1. The van der Waals surface area contributed by atoms with Crippen LogP contribution >= 0.6 is 11.8 Å². The maximum atomic E-state index is 11.7. The summed E-state index contributed by atoms with van der Waals surface area (Å²) in [6.07, 6.45) is 5.14. The van der Waals surface area contributed by atoms with Gasteiger partial charge in [-0.3, -0.25) is 4.79 Å². The summed E-state index contributed by atoms with van der Waals surface area (Å²) < 4.78 is 4.80. The number of aromatic nitrogens is 2. The van der Waals surface area contributed by atoms with Crippen molar-refractivity contribution in [2.24, 2.45) is 11.7 Å². The van der Waals surface area contributed by atoms with Crippen LogP contribution in [0.25, 0.3) is 0 Å². The number of ether oxygens (including phenoxy) is 1. The molecule has 1 aromatic heterocycles. The number of esters is 1.